The van der Waals surface area contributed by atoms with Gasteiger partial charge in [-0.15, -0.1) is 0 Å². The van der Waals surface area contributed by atoms with E-state index >= 15 is 0 Å². The number of nitrogens with zero attached hydrogens (tertiary/aromatic N) is 2. The molecule has 0 bridgehead atoms. The second-order valence-corrected chi connectivity index (χ2v) is 4.72. The van der Waals surface area contributed by atoms with Crippen LogP contribution >= 0.6 is 0 Å². The summed E-state index contributed by atoms with van der Waals surface area (Å²) >= 11 is 0. The van der Waals surface area contributed by atoms with E-state index < -0.39 is 0 Å². The molecule has 1 fully saturated rings. The fraction of sp³-hybridized carbons (Fsp3) is 0.615. The first-order valence-corrected chi connectivity index (χ1v) is 6.28. The SMILES string of the molecule is O=c1ccccn1CCN1CCCC(CO)C1. The van der Waals surface area contributed by atoms with Crippen molar-refractivity contribution in [3.8, 4) is 0 Å². The van der Waals surface area contributed by atoms with Gasteiger partial charge in [0.2, 0.25) is 0 Å². The van der Waals surface area contributed by atoms with Gasteiger partial charge in [-0.05, 0) is 31.4 Å². The third-order valence-corrected chi connectivity index (χ3v) is 3.42. The van der Waals surface area contributed by atoms with Crippen LogP contribution in [-0.4, -0.2) is 40.8 Å². The molecule has 4 nitrogen and oxygen atoms in total. The number of hydrogen-bond donors (Lipinski definition) is 1. The second-order valence-electron chi connectivity index (χ2n) is 4.72. The van der Waals surface area contributed by atoms with Crippen LogP contribution in [0.2, 0.25) is 0 Å². The number of rotatable bonds is 4. The highest BCUT2D eigenvalue weighted by atomic mass is 16.3. The van der Waals surface area contributed by atoms with Crippen LogP contribution in [0.4, 0.5) is 0 Å². The Labute approximate surface area is 101 Å². The van der Waals surface area contributed by atoms with E-state index in [2.05, 4.69) is 4.90 Å². The predicted octanol–water partition coefficient (Wildman–Crippen LogP) is 0.553. The van der Waals surface area contributed by atoms with Gasteiger partial charge in [-0.2, -0.15) is 0 Å². The van der Waals surface area contributed by atoms with Crippen LogP contribution in [0, 0.1) is 5.92 Å². The average molecular weight is 236 g/mol. The van der Waals surface area contributed by atoms with Crippen molar-refractivity contribution in [3.05, 3.63) is 34.7 Å². The maximum Gasteiger partial charge on any atom is 0.250 e. The molecule has 0 radical (unpaired) electrons. The number of aromatic nitrogens is 1. The molecule has 1 aliphatic rings. The molecule has 94 valence electrons. The highest BCUT2D eigenvalue weighted by Gasteiger charge is 2.18. The largest absolute Gasteiger partial charge is 0.396 e. The van der Waals surface area contributed by atoms with Crippen molar-refractivity contribution in [1.82, 2.24) is 9.47 Å². The van der Waals surface area contributed by atoms with Gasteiger partial charge in [-0.3, -0.25) is 4.79 Å². The Hall–Kier alpha value is -1.13. The Morgan fingerprint density at radius 2 is 2.24 bits per heavy atom. The molecule has 1 aromatic heterocycles. The topological polar surface area (TPSA) is 45.5 Å². The van der Waals surface area contributed by atoms with Gasteiger partial charge < -0.3 is 14.6 Å². The Balaban J connectivity index is 1.86. The molecule has 2 rings (SSSR count). The summed E-state index contributed by atoms with van der Waals surface area (Å²) in [5.41, 5.74) is 0.0585. The highest BCUT2D eigenvalue weighted by molar-refractivity contribution is 4.93. The van der Waals surface area contributed by atoms with Gasteiger partial charge in [0.15, 0.2) is 0 Å². The molecule has 0 aliphatic carbocycles. The Bertz CT molecular complexity index is 402. The van der Waals surface area contributed by atoms with Crippen LogP contribution in [0.5, 0.6) is 0 Å². The maximum absolute atomic E-state index is 11.5. The standard InChI is InChI=1S/C13H20N2O2/c16-11-12-4-3-6-14(10-12)8-9-15-7-2-1-5-13(15)17/h1-2,5,7,12,16H,3-4,6,8-11H2. The molecule has 1 unspecified atom stereocenters. The smallest absolute Gasteiger partial charge is 0.250 e. The van der Waals surface area contributed by atoms with E-state index in [0.29, 0.717) is 5.92 Å². The molecule has 1 aromatic rings. The van der Waals surface area contributed by atoms with Gasteiger partial charge in [-0.1, -0.05) is 6.07 Å². The Morgan fingerprint density at radius 1 is 1.35 bits per heavy atom. The summed E-state index contributed by atoms with van der Waals surface area (Å²) in [5.74, 6) is 0.413. The van der Waals surface area contributed by atoms with E-state index in [4.69, 9.17) is 5.11 Å². The summed E-state index contributed by atoms with van der Waals surface area (Å²) < 4.78 is 1.74. The lowest BCUT2D eigenvalue weighted by Crippen LogP contribution is -2.39. The molecule has 17 heavy (non-hydrogen) atoms. The lowest BCUT2D eigenvalue weighted by Gasteiger charge is -2.31. The van der Waals surface area contributed by atoms with Crippen LogP contribution in [0.15, 0.2) is 29.2 Å². The number of pyridine rings is 1. The molecular weight excluding hydrogens is 216 g/mol. The molecule has 1 N–H and O–H groups in total. The lowest BCUT2D eigenvalue weighted by atomic mass is 9.99. The first-order chi connectivity index (χ1) is 8.29. The fourth-order valence-corrected chi connectivity index (χ4v) is 2.40. The van der Waals surface area contributed by atoms with Crippen LogP contribution in [0.3, 0.4) is 0 Å². The van der Waals surface area contributed by atoms with Crippen molar-refractivity contribution >= 4 is 0 Å². The quantitative estimate of drug-likeness (QED) is 0.830. The van der Waals surface area contributed by atoms with E-state index in [0.717, 1.165) is 39.0 Å². The summed E-state index contributed by atoms with van der Waals surface area (Å²) in [6, 6.07) is 5.24. The molecular formula is C13H20N2O2. The third-order valence-electron chi connectivity index (χ3n) is 3.42. The zero-order valence-corrected chi connectivity index (χ0v) is 10.1. The van der Waals surface area contributed by atoms with E-state index in [9.17, 15) is 4.79 Å². The Morgan fingerprint density at radius 3 is 3.00 bits per heavy atom. The van der Waals surface area contributed by atoms with E-state index in [-0.39, 0.29) is 12.2 Å². The summed E-state index contributed by atoms with van der Waals surface area (Å²) in [6.07, 6.45) is 4.10. The first-order valence-electron chi connectivity index (χ1n) is 6.28. The lowest BCUT2D eigenvalue weighted by molar-refractivity contribution is 0.117. The molecule has 0 amide bonds. The predicted molar refractivity (Wildman–Crippen MR) is 67.0 cm³/mol. The van der Waals surface area contributed by atoms with E-state index in [1.54, 1.807) is 16.7 Å². The van der Waals surface area contributed by atoms with E-state index in [1.165, 1.54) is 0 Å². The molecule has 1 aliphatic heterocycles. The molecule has 4 heteroatoms. The monoisotopic (exact) mass is 236 g/mol. The van der Waals surface area contributed by atoms with Gasteiger partial charge >= 0.3 is 0 Å². The first kappa shape index (κ1) is 12.3. The highest BCUT2D eigenvalue weighted by Crippen LogP contribution is 2.15. The molecule has 1 saturated heterocycles. The summed E-state index contributed by atoms with van der Waals surface area (Å²) in [7, 11) is 0. The third kappa shape index (κ3) is 3.41. The van der Waals surface area contributed by atoms with Crippen molar-refractivity contribution in [2.75, 3.05) is 26.2 Å². The minimum absolute atomic E-state index is 0.0585. The maximum atomic E-state index is 11.5. The van der Waals surface area contributed by atoms with Gasteiger partial charge in [0.1, 0.15) is 0 Å². The van der Waals surface area contributed by atoms with Crippen LogP contribution in [0.25, 0.3) is 0 Å². The number of aliphatic hydroxyl groups is 1. The summed E-state index contributed by atoms with van der Waals surface area (Å²) in [5, 5.41) is 9.16. The molecule has 0 aromatic carbocycles. The minimum Gasteiger partial charge on any atom is -0.396 e. The summed E-state index contributed by atoms with van der Waals surface area (Å²) in [6.45, 7) is 3.94. The fourth-order valence-electron chi connectivity index (χ4n) is 2.40. The zero-order chi connectivity index (χ0) is 12.1. The van der Waals surface area contributed by atoms with Gasteiger partial charge in [0.25, 0.3) is 5.56 Å². The van der Waals surface area contributed by atoms with Gasteiger partial charge in [-0.25, -0.2) is 0 Å². The molecule has 2 heterocycles. The molecule has 0 saturated carbocycles. The Kier molecular flexibility index (Phi) is 4.34. The minimum atomic E-state index is 0.0585. The van der Waals surface area contributed by atoms with Crippen molar-refractivity contribution in [2.24, 2.45) is 5.92 Å². The van der Waals surface area contributed by atoms with Crippen LogP contribution in [0.1, 0.15) is 12.8 Å². The van der Waals surface area contributed by atoms with Gasteiger partial charge in [0, 0.05) is 38.5 Å². The number of hydrogen-bond acceptors (Lipinski definition) is 3. The van der Waals surface area contributed by atoms with Crippen molar-refractivity contribution in [1.29, 1.82) is 0 Å². The van der Waals surface area contributed by atoms with Crippen LogP contribution in [-0.2, 0) is 6.54 Å². The van der Waals surface area contributed by atoms with Crippen molar-refractivity contribution in [3.63, 3.8) is 0 Å². The van der Waals surface area contributed by atoms with Crippen LogP contribution < -0.4 is 5.56 Å². The number of aliphatic hydroxyl groups excluding tert-OH is 1. The normalized spacial score (nSPS) is 21.6. The van der Waals surface area contributed by atoms with Crippen molar-refractivity contribution in [2.45, 2.75) is 19.4 Å². The molecule has 0 spiro atoms. The number of likely N-dealkylation sites (tertiary alicyclic amines) is 1. The van der Waals surface area contributed by atoms with Crippen molar-refractivity contribution < 1.29 is 5.11 Å². The average Bonchev–Trinajstić information content (AvgIpc) is 2.38. The molecule has 1 atom stereocenters. The summed E-state index contributed by atoms with van der Waals surface area (Å²) in [4.78, 5) is 13.9. The number of piperidine rings is 1. The second kappa shape index (κ2) is 5.98. The van der Waals surface area contributed by atoms with Gasteiger partial charge in [0.05, 0.1) is 0 Å². The van der Waals surface area contributed by atoms with E-state index in [1.807, 2.05) is 12.3 Å². The zero-order valence-electron chi connectivity index (χ0n) is 10.1.